The lowest BCUT2D eigenvalue weighted by Crippen LogP contribution is -2.57. The average Bonchev–Trinajstić information content (AvgIpc) is 3.53. The highest BCUT2D eigenvalue weighted by Gasteiger charge is 2.46. The molecule has 5 rings (SSSR count). The Kier molecular flexibility index (Phi) is 9.04. The molecule has 2 aromatic rings. The first-order valence-electron chi connectivity index (χ1n) is 14.3. The van der Waals surface area contributed by atoms with Gasteiger partial charge in [0.05, 0.1) is 6.54 Å². The maximum Gasteiger partial charge on any atom is 0.331 e. The molecular weight excluding hydrogens is 542 g/mol. The van der Waals surface area contributed by atoms with Crippen LogP contribution in [0.25, 0.3) is 0 Å². The first-order chi connectivity index (χ1) is 19.8. The normalized spacial score (nSPS) is 19.7. The van der Waals surface area contributed by atoms with E-state index in [0.717, 1.165) is 45.7 Å². The highest BCUT2D eigenvalue weighted by molar-refractivity contribution is 7.88. The molecular formula is C30H37N5O5S. The van der Waals surface area contributed by atoms with Crippen LogP contribution < -0.4 is 0 Å². The molecule has 10 nitrogen and oxygen atoms in total. The fourth-order valence-corrected chi connectivity index (χ4v) is 6.97. The third-order valence-electron chi connectivity index (χ3n) is 7.90. The number of piperazine rings is 1. The smallest absolute Gasteiger partial charge is 0.331 e. The molecule has 3 amide bonds. The van der Waals surface area contributed by atoms with Gasteiger partial charge in [-0.1, -0.05) is 60.7 Å². The summed E-state index contributed by atoms with van der Waals surface area (Å²) < 4.78 is 28.9. The predicted molar refractivity (Wildman–Crippen MR) is 155 cm³/mol. The van der Waals surface area contributed by atoms with Crippen molar-refractivity contribution in [2.24, 2.45) is 0 Å². The molecule has 0 bridgehead atoms. The number of rotatable bonds is 9. The van der Waals surface area contributed by atoms with Crippen LogP contribution in [0.3, 0.4) is 0 Å². The third kappa shape index (κ3) is 6.79. The van der Waals surface area contributed by atoms with Gasteiger partial charge in [0.25, 0.3) is 11.8 Å². The molecule has 0 atom stereocenters. The molecule has 3 fully saturated rings. The summed E-state index contributed by atoms with van der Waals surface area (Å²) in [6, 6.07) is 18.7. The van der Waals surface area contributed by atoms with Crippen molar-refractivity contribution in [3.05, 3.63) is 83.6 Å². The summed E-state index contributed by atoms with van der Waals surface area (Å²) in [6.45, 7) is 4.14. The number of hydrogen-bond acceptors (Lipinski definition) is 7. The van der Waals surface area contributed by atoms with E-state index >= 15 is 0 Å². The van der Waals surface area contributed by atoms with Gasteiger partial charge in [0.2, 0.25) is 5.91 Å². The number of nitrogens with zero attached hydrogens (tertiary/aromatic N) is 5. The van der Waals surface area contributed by atoms with E-state index in [1.54, 1.807) is 0 Å². The predicted octanol–water partition coefficient (Wildman–Crippen LogP) is 1.51. The molecule has 3 aliphatic rings. The third-order valence-corrected chi connectivity index (χ3v) is 9.71. The summed E-state index contributed by atoms with van der Waals surface area (Å²) in [4.78, 5) is 45.6. The first-order valence-corrected chi connectivity index (χ1v) is 15.7. The summed E-state index contributed by atoms with van der Waals surface area (Å²) >= 11 is 0. The first kappa shape index (κ1) is 28.8. The molecule has 0 aliphatic carbocycles. The fourth-order valence-electron chi connectivity index (χ4n) is 5.47. The second-order valence-electron chi connectivity index (χ2n) is 10.7. The van der Waals surface area contributed by atoms with Gasteiger partial charge >= 0.3 is 10.2 Å². The molecule has 2 aromatic carbocycles. The Labute approximate surface area is 242 Å². The van der Waals surface area contributed by atoms with Crippen LogP contribution in [-0.4, -0.2) is 108 Å². The van der Waals surface area contributed by atoms with Crippen molar-refractivity contribution in [1.82, 2.24) is 23.3 Å². The van der Waals surface area contributed by atoms with Crippen molar-refractivity contribution in [2.75, 3.05) is 58.9 Å². The van der Waals surface area contributed by atoms with Gasteiger partial charge < -0.3 is 9.80 Å². The van der Waals surface area contributed by atoms with E-state index < -0.39 is 22.0 Å². The van der Waals surface area contributed by atoms with Crippen LogP contribution >= 0.6 is 0 Å². The largest absolute Gasteiger partial charge is 0.374 e. The zero-order chi connectivity index (χ0) is 28.8. The minimum absolute atomic E-state index is 0.0655. The van der Waals surface area contributed by atoms with Crippen LogP contribution in [0.1, 0.15) is 24.0 Å². The summed E-state index contributed by atoms with van der Waals surface area (Å²) in [5.41, 5.74) is 1.64. The average molecular weight is 580 g/mol. The second-order valence-corrected chi connectivity index (χ2v) is 12.5. The minimum atomic E-state index is -4.35. The lowest BCUT2D eigenvalue weighted by molar-refractivity contribution is -0.132. The van der Waals surface area contributed by atoms with Crippen LogP contribution in [-0.2, 0) is 37.4 Å². The summed E-state index contributed by atoms with van der Waals surface area (Å²) in [5.74, 6) is -1.46. The molecule has 0 aromatic heterocycles. The quantitative estimate of drug-likeness (QED) is 0.328. The highest BCUT2D eigenvalue weighted by atomic mass is 32.2. The lowest BCUT2D eigenvalue weighted by Gasteiger charge is -2.38. The summed E-state index contributed by atoms with van der Waals surface area (Å²) in [7, 11) is -4.35. The van der Waals surface area contributed by atoms with E-state index in [1.165, 1.54) is 6.20 Å². The summed E-state index contributed by atoms with van der Waals surface area (Å²) in [5, 5.41) is 0. The zero-order valence-electron chi connectivity index (χ0n) is 23.2. The SMILES string of the molecule is O=C(CN1CCN(C=C2C(=O)N(CCc3ccccc3)S(=O)(=O)N(CCc3ccccc3)C2=O)CC1)N1CCCC1. The molecule has 0 unspecified atom stereocenters. The molecule has 0 radical (unpaired) electrons. The van der Waals surface area contributed by atoms with Gasteiger partial charge in [0, 0.05) is 58.6 Å². The van der Waals surface area contributed by atoms with E-state index in [4.69, 9.17) is 0 Å². The maximum absolute atomic E-state index is 13.6. The standard InChI is InChI=1S/C30H37N5O5S/c36-28(33-15-7-8-16-33)24-32-21-19-31(20-22-32)23-27-29(37)34(17-13-25-9-3-1-4-10-25)41(39,40)35(30(27)38)18-14-26-11-5-2-6-12-26/h1-6,9-12,23H,7-8,13-22,24H2. The monoisotopic (exact) mass is 579 g/mol. The van der Waals surface area contributed by atoms with E-state index in [0.29, 0.717) is 45.6 Å². The Balaban J connectivity index is 1.31. The number of hydrogen-bond donors (Lipinski definition) is 0. The van der Waals surface area contributed by atoms with Crippen molar-refractivity contribution >= 4 is 27.9 Å². The molecule has 3 aliphatic heterocycles. The minimum Gasteiger partial charge on any atom is -0.374 e. The topological polar surface area (TPSA) is 102 Å². The number of carbonyl (C=O) groups is 3. The lowest BCUT2D eigenvalue weighted by atomic mass is 10.1. The van der Waals surface area contributed by atoms with Crippen LogP contribution in [0.2, 0.25) is 0 Å². The van der Waals surface area contributed by atoms with E-state index in [9.17, 15) is 22.8 Å². The second kappa shape index (κ2) is 12.9. The Morgan fingerprint density at radius 1 is 0.707 bits per heavy atom. The zero-order valence-corrected chi connectivity index (χ0v) is 24.0. The molecule has 3 heterocycles. The molecule has 218 valence electrons. The van der Waals surface area contributed by atoms with Crippen LogP contribution in [0.5, 0.6) is 0 Å². The Bertz CT molecular complexity index is 1300. The molecule has 0 saturated carbocycles. The van der Waals surface area contributed by atoms with Crippen LogP contribution in [0, 0.1) is 0 Å². The Morgan fingerprint density at radius 3 is 1.68 bits per heavy atom. The molecule has 0 spiro atoms. The van der Waals surface area contributed by atoms with Gasteiger partial charge in [-0.25, -0.2) is 8.61 Å². The van der Waals surface area contributed by atoms with Gasteiger partial charge in [-0.3, -0.25) is 19.3 Å². The number of amides is 3. The Hall–Kier alpha value is -3.70. The maximum atomic E-state index is 13.6. The highest BCUT2D eigenvalue weighted by Crippen LogP contribution is 2.25. The van der Waals surface area contributed by atoms with Gasteiger partial charge in [0.15, 0.2) is 0 Å². The van der Waals surface area contributed by atoms with Gasteiger partial charge in [-0.05, 0) is 36.8 Å². The summed E-state index contributed by atoms with van der Waals surface area (Å²) in [6.07, 6.45) is 4.29. The number of benzene rings is 2. The van der Waals surface area contributed by atoms with Gasteiger partial charge in [-0.2, -0.15) is 8.42 Å². The van der Waals surface area contributed by atoms with Crippen molar-refractivity contribution in [2.45, 2.75) is 25.7 Å². The Morgan fingerprint density at radius 2 is 1.20 bits per heavy atom. The van der Waals surface area contributed by atoms with Crippen LogP contribution in [0.4, 0.5) is 0 Å². The van der Waals surface area contributed by atoms with Gasteiger partial charge in [0.1, 0.15) is 5.57 Å². The van der Waals surface area contributed by atoms with Crippen molar-refractivity contribution in [1.29, 1.82) is 0 Å². The van der Waals surface area contributed by atoms with Crippen molar-refractivity contribution < 1.29 is 22.8 Å². The van der Waals surface area contributed by atoms with Crippen LogP contribution in [0.15, 0.2) is 72.4 Å². The van der Waals surface area contributed by atoms with Crippen molar-refractivity contribution in [3.63, 3.8) is 0 Å². The molecule has 0 N–H and O–H groups in total. The van der Waals surface area contributed by atoms with E-state index in [1.807, 2.05) is 70.5 Å². The molecule has 3 saturated heterocycles. The fraction of sp³-hybridized carbons (Fsp3) is 0.433. The molecule has 41 heavy (non-hydrogen) atoms. The number of likely N-dealkylation sites (tertiary alicyclic amines) is 1. The van der Waals surface area contributed by atoms with Gasteiger partial charge in [-0.15, -0.1) is 0 Å². The van der Waals surface area contributed by atoms with E-state index in [-0.39, 0.29) is 24.6 Å². The van der Waals surface area contributed by atoms with E-state index in [2.05, 4.69) is 4.90 Å². The number of carbonyl (C=O) groups excluding carboxylic acids is 3. The molecule has 11 heteroatoms. The van der Waals surface area contributed by atoms with Crippen molar-refractivity contribution in [3.8, 4) is 0 Å².